The molecule has 1 aliphatic heterocycles. The molecule has 0 spiro atoms. The smallest absolute Gasteiger partial charge is 0.338 e. The minimum absolute atomic E-state index is 0.0608. The SMILES string of the molecule is Cc1ccc(C(=O)OCc2cc(=O)oc3ccc4ccccc4c23)cc1S(=O)(=O)N1CCOCC1. The van der Waals surface area contributed by atoms with Crippen molar-refractivity contribution < 1.29 is 27.1 Å². The molecule has 0 bridgehead atoms. The monoisotopic (exact) mass is 493 g/mol. The van der Waals surface area contributed by atoms with Crippen LogP contribution in [0.5, 0.6) is 0 Å². The number of hydrogen-bond donors (Lipinski definition) is 0. The largest absolute Gasteiger partial charge is 0.457 e. The first-order valence-electron chi connectivity index (χ1n) is 11.1. The molecule has 1 saturated heterocycles. The second-order valence-corrected chi connectivity index (χ2v) is 10.2. The number of ether oxygens (including phenoxy) is 2. The van der Waals surface area contributed by atoms with Crippen molar-refractivity contribution in [1.82, 2.24) is 4.31 Å². The molecule has 1 aliphatic rings. The highest BCUT2D eigenvalue weighted by Crippen LogP contribution is 2.28. The van der Waals surface area contributed by atoms with E-state index in [1.165, 1.54) is 22.5 Å². The van der Waals surface area contributed by atoms with Gasteiger partial charge in [-0.25, -0.2) is 18.0 Å². The van der Waals surface area contributed by atoms with E-state index in [1.807, 2.05) is 30.3 Å². The first-order valence-corrected chi connectivity index (χ1v) is 12.6. The summed E-state index contributed by atoms with van der Waals surface area (Å²) in [5.41, 5.74) is 1.00. The van der Waals surface area contributed by atoms with Crippen LogP contribution in [-0.2, 0) is 26.1 Å². The third kappa shape index (κ3) is 4.45. The van der Waals surface area contributed by atoms with Gasteiger partial charge in [0.1, 0.15) is 12.2 Å². The normalized spacial score (nSPS) is 14.9. The molecule has 0 saturated carbocycles. The van der Waals surface area contributed by atoms with Crippen LogP contribution in [0.15, 0.2) is 74.8 Å². The van der Waals surface area contributed by atoms with Crippen LogP contribution in [0, 0.1) is 6.92 Å². The van der Waals surface area contributed by atoms with Crippen molar-refractivity contribution in [3.8, 4) is 0 Å². The van der Waals surface area contributed by atoms with Gasteiger partial charge in [0.2, 0.25) is 10.0 Å². The standard InChI is InChI=1S/C26H23NO7S/c1-17-6-7-19(14-23(17)35(30,31)27-10-12-32-13-11-27)26(29)33-16-20-15-24(28)34-22-9-8-18-4-2-3-5-21(18)25(20)22/h2-9,14-15H,10-13,16H2,1H3. The van der Waals surface area contributed by atoms with Crippen LogP contribution in [0.3, 0.4) is 0 Å². The highest BCUT2D eigenvalue weighted by Gasteiger charge is 2.28. The number of nitrogens with zero attached hydrogens (tertiary/aromatic N) is 1. The first kappa shape index (κ1) is 23.2. The van der Waals surface area contributed by atoms with E-state index in [0.717, 1.165) is 10.8 Å². The van der Waals surface area contributed by atoms with Crippen LogP contribution >= 0.6 is 0 Å². The Morgan fingerprint density at radius 3 is 2.60 bits per heavy atom. The van der Waals surface area contributed by atoms with Crippen LogP contribution in [-0.4, -0.2) is 45.0 Å². The predicted octanol–water partition coefficient (Wildman–Crippen LogP) is 3.63. The Hall–Kier alpha value is -3.53. The number of aryl methyl sites for hydroxylation is 1. The van der Waals surface area contributed by atoms with Crippen molar-refractivity contribution in [2.45, 2.75) is 18.4 Å². The Morgan fingerprint density at radius 1 is 1.03 bits per heavy atom. The molecule has 0 radical (unpaired) electrons. The van der Waals surface area contributed by atoms with Crippen molar-refractivity contribution in [3.63, 3.8) is 0 Å². The second kappa shape index (κ2) is 9.26. The maximum Gasteiger partial charge on any atom is 0.338 e. The van der Waals surface area contributed by atoms with E-state index in [2.05, 4.69) is 0 Å². The molecule has 0 atom stereocenters. The van der Waals surface area contributed by atoms with Crippen LogP contribution < -0.4 is 5.63 Å². The number of hydrogen-bond acceptors (Lipinski definition) is 7. The summed E-state index contributed by atoms with van der Waals surface area (Å²) < 4.78 is 43.8. The zero-order chi connectivity index (χ0) is 24.6. The minimum atomic E-state index is -3.78. The lowest BCUT2D eigenvalue weighted by molar-refractivity contribution is 0.0473. The molecular weight excluding hydrogens is 470 g/mol. The molecule has 0 amide bonds. The minimum Gasteiger partial charge on any atom is -0.457 e. The van der Waals surface area contributed by atoms with E-state index in [9.17, 15) is 18.0 Å². The fraction of sp³-hybridized carbons (Fsp3) is 0.231. The molecule has 5 rings (SSSR count). The molecule has 180 valence electrons. The highest BCUT2D eigenvalue weighted by molar-refractivity contribution is 7.89. The lowest BCUT2D eigenvalue weighted by Gasteiger charge is -2.26. The molecule has 2 heterocycles. The van der Waals surface area contributed by atoms with Crippen molar-refractivity contribution in [1.29, 1.82) is 0 Å². The van der Waals surface area contributed by atoms with E-state index in [4.69, 9.17) is 13.9 Å². The molecule has 1 fully saturated rings. The van der Waals surface area contributed by atoms with E-state index in [1.54, 1.807) is 19.1 Å². The van der Waals surface area contributed by atoms with Crippen molar-refractivity contribution in [2.24, 2.45) is 0 Å². The number of morpholine rings is 1. The number of carbonyl (C=O) groups excluding carboxylic acids is 1. The molecule has 35 heavy (non-hydrogen) atoms. The summed E-state index contributed by atoms with van der Waals surface area (Å²) in [5, 5.41) is 2.52. The van der Waals surface area contributed by atoms with Gasteiger partial charge in [0.05, 0.1) is 23.7 Å². The molecule has 0 aliphatic carbocycles. The molecule has 1 aromatic heterocycles. The van der Waals surface area contributed by atoms with Gasteiger partial charge in [-0.1, -0.05) is 36.4 Å². The van der Waals surface area contributed by atoms with Gasteiger partial charge in [0.25, 0.3) is 0 Å². The molecule has 9 heteroatoms. The summed E-state index contributed by atoms with van der Waals surface area (Å²) in [6, 6.07) is 17.0. The summed E-state index contributed by atoms with van der Waals surface area (Å²) >= 11 is 0. The zero-order valence-corrected chi connectivity index (χ0v) is 19.8. The Labute approximate surface area is 201 Å². The highest BCUT2D eigenvalue weighted by atomic mass is 32.2. The van der Waals surface area contributed by atoms with Gasteiger partial charge >= 0.3 is 11.6 Å². The maximum atomic E-state index is 13.1. The van der Waals surface area contributed by atoms with Crippen molar-refractivity contribution in [3.05, 3.63) is 87.8 Å². The van der Waals surface area contributed by atoms with Gasteiger partial charge in [-0.3, -0.25) is 0 Å². The number of rotatable bonds is 5. The molecule has 3 aromatic carbocycles. The van der Waals surface area contributed by atoms with Gasteiger partial charge < -0.3 is 13.9 Å². The van der Waals surface area contributed by atoms with E-state index < -0.39 is 21.6 Å². The van der Waals surface area contributed by atoms with E-state index >= 15 is 0 Å². The molecule has 4 aromatic rings. The number of fused-ring (bicyclic) bond motifs is 3. The quantitative estimate of drug-likeness (QED) is 0.238. The van der Waals surface area contributed by atoms with E-state index in [0.29, 0.717) is 35.3 Å². The topological polar surface area (TPSA) is 103 Å². The molecule has 0 N–H and O–H groups in total. The Balaban J connectivity index is 1.45. The average molecular weight is 494 g/mol. The number of sulfonamides is 1. The van der Waals surface area contributed by atoms with Crippen LogP contribution in [0.1, 0.15) is 21.5 Å². The van der Waals surface area contributed by atoms with Gasteiger partial charge in [-0.05, 0) is 41.5 Å². The van der Waals surface area contributed by atoms with Gasteiger partial charge in [0.15, 0.2) is 0 Å². The van der Waals surface area contributed by atoms with Gasteiger partial charge in [0, 0.05) is 30.1 Å². The summed E-state index contributed by atoms with van der Waals surface area (Å²) in [6.45, 7) is 2.68. The van der Waals surface area contributed by atoms with Gasteiger partial charge in [-0.15, -0.1) is 0 Å². The summed E-state index contributed by atoms with van der Waals surface area (Å²) in [7, 11) is -3.78. The summed E-state index contributed by atoms with van der Waals surface area (Å²) in [5.74, 6) is -0.690. The Kier molecular flexibility index (Phi) is 6.14. The first-order chi connectivity index (χ1) is 16.8. The Bertz CT molecular complexity index is 1600. The maximum absolute atomic E-state index is 13.1. The van der Waals surface area contributed by atoms with Gasteiger partial charge in [-0.2, -0.15) is 4.31 Å². The van der Waals surface area contributed by atoms with Crippen LogP contribution in [0.25, 0.3) is 21.7 Å². The third-order valence-corrected chi connectivity index (χ3v) is 8.13. The Morgan fingerprint density at radius 2 is 1.80 bits per heavy atom. The lowest BCUT2D eigenvalue weighted by Crippen LogP contribution is -2.40. The lowest BCUT2D eigenvalue weighted by atomic mass is 10.0. The van der Waals surface area contributed by atoms with Crippen molar-refractivity contribution >= 4 is 37.7 Å². The summed E-state index contributed by atoms with van der Waals surface area (Å²) in [4.78, 5) is 25.1. The molecule has 0 unspecified atom stereocenters. The average Bonchev–Trinajstić information content (AvgIpc) is 2.87. The number of benzene rings is 3. The number of esters is 1. The van der Waals surface area contributed by atoms with Crippen LogP contribution in [0.4, 0.5) is 0 Å². The third-order valence-electron chi connectivity index (χ3n) is 6.09. The summed E-state index contributed by atoms with van der Waals surface area (Å²) in [6.07, 6.45) is 0. The van der Waals surface area contributed by atoms with Crippen molar-refractivity contribution in [2.75, 3.05) is 26.3 Å². The second-order valence-electron chi connectivity index (χ2n) is 8.32. The van der Waals surface area contributed by atoms with Crippen LogP contribution in [0.2, 0.25) is 0 Å². The number of carbonyl (C=O) groups is 1. The predicted molar refractivity (Wildman–Crippen MR) is 130 cm³/mol. The fourth-order valence-electron chi connectivity index (χ4n) is 4.29. The molecule has 8 nitrogen and oxygen atoms in total. The zero-order valence-electron chi connectivity index (χ0n) is 19.0. The molecular formula is C26H23NO7S. The van der Waals surface area contributed by atoms with E-state index in [-0.39, 0.29) is 30.2 Å². The fourth-order valence-corrected chi connectivity index (χ4v) is 5.95.